The molecule has 0 atom stereocenters. The van der Waals surface area contributed by atoms with Crippen LogP contribution in [0.4, 0.5) is 4.39 Å². The van der Waals surface area contributed by atoms with Gasteiger partial charge in [-0.3, -0.25) is 0 Å². The van der Waals surface area contributed by atoms with Crippen molar-refractivity contribution in [3.63, 3.8) is 0 Å². The zero-order chi connectivity index (χ0) is 14.4. The van der Waals surface area contributed by atoms with Gasteiger partial charge in [0.1, 0.15) is 24.6 Å². The maximum Gasteiger partial charge on any atom is 0.266 e. The van der Waals surface area contributed by atoms with Gasteiger partial charge in [0.15, 0.2) is 12.5 Å². The molecule has 4 heteroatoms. The van der Waals surface area contributed by atoms with Crippen LogP contribution in [0.3, 0.4) is 0 Å². The molecule has 1 aromatic carbocycles. The van der Waals surface area contributed by atoms with Gasteiger partial charge in [0, 0.05) is 18.2 Å². The summed E-state index contributed by atoms with van der Waals surface area (Å²) >= 11 is 0. The van der Waals surface area contributed by atoms with E-state index < -0.39 is 0 Å². The van der Waals surface area contributed by atoms with Crippen molar-refractivity contribution in [2.75, 3.05) is 13.1 Å². The number of fused-ring (bicyclic) bond motifs is 5. The normalized spacial score (nSPS) is 17.3. The van der Waals surface area contributed by atoms with Crippen molar-refractivity contribution in [2.45, 2.75) is 26.5 Å². The average Bonchev–Trinajstić information content (AvgIpc) is 2.88. The molecule has 21 heavy (non-hydrogen) atoms. The average molecular weight is 285 g/mol. The van der Waals surface area contributed by atoms with Gasteiger partial charge >= 0.3 is 0 Å². The van der Waals surface area contributed by atoms with Gasteiger partial charge in [0.2, 0.25) is 0 Å². The molecule has 108 valence electrons. The topological polar surface area (TPSA) is 17.2 Å². The first-order valence-corrected chi connectivity index (χ1v) is 7.53. The molecule has 0 aliphatic carbocycles. The number of rotatable bonds is 2. The van der Waals surface area contributed by atoms with Gasteiger partial charge in [-0.1, -0.05) is 13.0 Å². The largest absolute Gasteiger partial charge is 0.466 e. The Bertz CT molecular complexity index is 785. The van der Waals surface area contributed by atoms with Crippen LogP contribution in [0.5, 0.6) is 0 Å². The van der Waals surface area contributed by atoms with Gasteiger partial charge in [-0.25, -0.2) is 8.97 Å². The van der Waals surface area contributed by atoms with E-state index in [1.807, 2.05) is 12.1 Å². The van der Waals surface area contributed by atoms with Crippen molar-refractivity contribution in [3.05, 3.63) is 47.6 Å². The van der Waals surface area contributed by atoms with E-state index in [9.17, 15) is 4.39 Å². The maximum atomic E-state index is 14.1. The lowest BCUT2D eigenvalue weighted by Gasteiger charge is -2.23. The Hall–Kier alpha value is -2.10. The molecule has 0 radical (unpaired) electrons. The Morgan fingerprint density at radius 1 is 1.38 bits per heavy atom. The highest BCUT2D eigenvalue weighted by Gasteiger charge is 2.33. The molecule has 4 rings (SSSR count). The van der Waals surface area contributed by atoms with Gasteiger partial charge in [0.25, 0.3) is 5.71 Å². The molecule has 2 aliphatic rings. The van der Waals surface area contributed by atoms with Crippen molar-refractivity contribution >= 4 is 16.6 Å². The first-order chi connectivity index (χ1) is 10.3. The smallest absolute Gasteiger partial charge is 0.266 e. The van der Waals surface area contributed by atoms with Crippen molar-refractivity contribution in [1.82, 2.24) is 4.57 Å². The first-order valence-electron chi connectivity index (χ1n) is 7.53. The second kappa shape index (κ2) is 4.72. The molecule has 0 fully saturated rings. The fraction of sp³-hybridized carbons (Fsp3) is 0.353. The summed E-state index contributed by atoms with van der Waals surface area (Å²) in [5.74, 6) is 0.781. The molecular weight excluding hydrogens is 267 g/mol. The van der Waals surface area contributed by atoms with E-state index in [1.165, 1.54) is 6.07 Å². The second-order valence-electron chi connectivity index (χ2n) is 5.60. The summed E-state index contributed by atoms with van der Waals surface area (Å²) < 4.78 is 24.4. The van der Waals surface area contributed by atoms with Gasteiger partial charge in [-0.15, -0.1) is 0 Å². The number of ether oxygens (including phenoxy) is 1. The van der Waals surface area contributed by atoms with Crippen LogP contribution >= 0.6 is 0 Å². The van der Waals surface area contributed by atoms with Gasteiger partial charge < -0.3 is 9.30 Å². The van der Waals surface area contributed by atoms with E-state index >= 15 is 0 Å². The molecule has 2 aliphatic heterocycles. The van der Waals surface area contributed by atoms with Crippen molar-refractivity contribution in [2.24, 2.45) is 0 Å². The number of aromatic nitrogens is 1. The summed E-state index contributed by atoms with van der Waals surface area (Å²) in [6.45, 7) is 4.63. The maximum absolute atomic E-state index is 14.1. The highest BCUT2D eigenvalue weighted by atomic mass is 19.1. The van der Waals surface area contributed by atoms with Crippen LogP contribution in [0, 0.1) is 5.82 Å². The minimum atomic E-state index is -0.168. The van der Waals surface area contributed by atoms with Gasteiger partial charge in [-0.2, -0.15) is 0 Å². The molecule has 0 unspecified atom stereocenters. The lowest BCUT2D eigenvalue weighted by atomic mass is 10.1. The Morgan fingerprint density at radius 3 is 3.14 bits per heavy atom. The van der Waals surface area contributed by atoms with Crippen LogP contribution in [0.15, 0.2) is 36.1 Å². The van der Waals surface area contributed by atoms with Crippen LogP contribution in [0.2, 0.25) is 0 Å². The van der Waals surface area contributed by atoms with Gasteiger partial charge in [-0.05, 0) is 24.3 Å². The quantitative estimate of drug-likeness (QED) is 0.774. The third kappa shape index (κ3) is 1.82. The van der Waals surface area contributed by atoms with Crippen molar-refractivity contribution in [3.8, 4) is 0 Å². The summed E-state index contributed by atoms with van der Waals surface area (Å²) in [6.07, 6.45) is 4.25. The number of nitrogens with zero attached hydrogens (tertiary/aromatic N) is 2. The number of hydrogen-bond acceptors (Lipinski definition) is 1. The highest BCUT2D eigenvalue weighted by Crippen LogP contribution is 2.29. The Labute approximate surface area is 122 Å². The van der Waals surface area contributed by atoms with E-state index in [0.717, 1.165) is 48.6 Å². The van der Waals surface area contributed by atoms with E-state index in [2.05, 4.69) is 22.1 Å². The SMILES string of the molecule is CCC[N+]1=C2C(=CCC1)OCn1c2cc2c(F)cccc21. The van der Waals surface area contributed by atoms with Crippen LogP contribution in [0.1, 0.15) is 25.5 Å². The molecule has 0 saturated heterocycles. The Morgan fingerprint density at radius 2 is 2.29 bits per heavy atom. The monoisotopic (exact) mass is 285 g/mol. The molecule has 3 heterocycles. The molecule has 0 bridgehead atoms. The lowest BCUT2D eigenvalue weighted by Crippen LogP contribution is -2.34. The van der Waals surface area contributed by atoms with E-state index in [1.54, 1.807) is 6.07 Å². The minimum absolute atomic E-state index is 0.168. The molecule has 0 N–H and O–H groups in total. The number of halogens is 1. The summed E-state index contributed by atoms with van der Waals surface area (Å²) in [5, 5.41) is 0.673. The lowest BCUT2D eigenvalue weighted by molar-refractivity contribution is -0.529. The summed E-state index contributed by atoms with van der Waals surface area (Å²) in [6, 6.07) is 7.19. The van der Waals surface area contributed by atoms with Gasteiger partial charge in [0.05, 0.1) is 5.52 Å². The standard InChI is InChI=1S/C17H18FN2O/c1-2-8-19-9-4-7-16-17(19)15-10-12-13(18)5-3-6-14(12)20(15)11-21-16/h3,5-7,10H,2,4,8-9,11H2,1H3/q+1. The minimum Gasteiger partial charge on any atom is -0.466 e. The third-order valence-corrected chi connectivity index (χ3v) is 4.26. The predicted octanol–water partition coefficient (Wildman–Crippen LogP) is 3.27. The van der Waals surface area contributed by atoms with Crippen LogP contribution < -0.4 is 0 Å². The Kier molecular flexibility index (Phi) is 2.84. The number of allylic oxidation sites excluding steroid dienone is 1. The third-order valence-electron chi connectivity index (χ3n) is 4.26. The fourth-order valence-electron chi connectivity index (χ4n) is 3.34. The Balaban J connectivity index is 2.00. The first kappa shape index (κ1) is 12.6. The van der Waals surface area contributed by atoms with E-state index in [4.69, 9.17) is 4.74 Å². The molecule has 0 saturated carbocycles. The molecule has 3 nitrogen and oxygen atoms in total. The molecule has 0 amide bonds. The fourth-order valence-corrected chi connectivity index (χ4v) is 3.34. The molecule has 2 aromatic rings. The number of benzene rings is 1. The van der Waals surface area contributed by atoms with Crippen molar-refractivity contribution in [1.29, 1.82) is 0 Å². The second-order valence-corrected chi connectivity index (χ2v) is 5.60. The van der Waals surface area contributed by atoms with Crippen LogP contribution in [-0.2, 0) is 11.5 Å². The predicted molar refractivity (Wildman–Crippen MR) is 80.1 cm³/mol. The van der Waals surface area contributed by atoms with Crippen LogP contribution in [-0.4, -0.2) is 27.9 Å². The van der Waals surface area contributed by atoms with E-state index in [0.29, 0.717) is 12.1 Å². The summed E-state index contributed by atoms with van der Waals surface area (Å²) in [7, 11) is 0. The summed E-state index contributed by atoms with van der Waals surface area (Å²) in [4.78, 5) is 0. The highest BCUT2D eigenvalue weighted by molar-refractivity contribution is 6.10. The summed E-state index contributed by atoms with van der Waals surface area (Å²) in [5.41, 5.74) is 3.09. The number of hydrogen-bond donors (Lipinski definition) is 0. The molecular formula is C17H18FN2O+. The zero-order valence-electron chi connectivity index (χ0n) is 12.1. The van der Waals surface area contributed by atoms with Crippen molar-refractivity contribution < 1.29 is 13.7 Å². The molecule has 1 aromatic heterocycles. The van der Waals surface area contributed by atoms with Crippen LogP contribution in [0.25, 0.3) is 10.9 Å². The molecule has 0 spiro atoms. The van der Waals surface area contributed by atoms with E-state index in [-0.39, 0.29) is 5.82 Å². The zero-order valence-corrected chi connectivity index (χ0v) is 12.1.